The minimum Gasteiger partial charge on any atom is -0.399 e. The summed E-state index contributed by atoms with van der Waals surface area (Å²) in [7, 11) is -3.15. The molecular formula is C29H43ClN6O3S. The number of imidazole rings is 1. The second-order valence-corrected chi connectivity index (χ2v) is 14.7. The van der Waals surface area contributed by atoms with Crippen LogP contribution in [0, 0.1) is 23.7 Å². The maximum absolute atomic E-state index is 14.0. The topological polar surface area (TPSA) is 138 Å². The van der Waals surface area contributed by atoms with Gasteiger partial charge in [-0.05, 0) is 88.2 Å². The van der Waals surface area contributed by atoms with Gasteiger partial charge in [-0.25, -0.2) is 17.7 Å². The molecule has 2 aliphatic heterocycles. The molecule has 11 heteroatoms. The van der Waals surface area contributed by atoms with E-state index in [0.29, 0.717) is 53.9 Å². The number of nitrogen functional groups attached to an aromatic ring is 1. The monoisotopic (exact) mass is 590 g/mol. The van der Waals surface area contributed by atoms with E-state index in [2.05, 4.69) is 16.8 Å². The standard InChI is InChI=1S/C29H43ClN6O3S/c1-18(31)21-3-5-23(6-4-21)29(37)36-17-20(15-19-11-13-35(14-12-19)40(2,38)39)16-25(36)28-33-26(27(30)34-28)22-7-9-24(32)10-8-22/h7-10,18-21,23,25H,3-6,11-17,31-32H2,1-2H3,(H,33,34)/t18-,20+,21?,23?,25-/m0/s1. The molecule has 1 amide bonds. The van der Waals surface area contributed by atoms with E-state index < -0.39 is 10.0 Å². The van der Waals surface area contributed by atoms with Crippen molar-refractivity contribution in [1.82, 2.24) is 19.2 Å². The molecule has 0 spiro atoms. The van der Waals surface area contributed by atoms with Crippen LogP contribution >= 0.6 is 11.6 Å². The highest BCUT2D eigenvalue weighted by Gasteiger charge is 2.42. The first kappa shape index (κ1) is 29.4. The molecule has 40 heavy (non-hydrogen) atoms. The number of carbonyl (C=O) groups excluding carboxylic acids is 1. The van der Waals surface area contributed by atoms with E-state index in [1.54, 1.807) is 4.31 Å². The van der Waals surface area contributed by atoms with Gasteiger partial charge in [0.05, 0.1) is 12.3 Å². The van der Waals surface area contributed by atoms with Gasteiger partial charge in [0.1, 0.15) is 16.7 Å². The molecule has 0 bridgehead atoms. The number of nitrogens with two attached hydrogens (primary N) is 2. The molecule has 1 saturated carbocycles. The Morgan fingerprint density at radius 1 is 1.10 bits per heavy atom. The summed E-state index contributed by atoms with van der Waals surface area (Å²) in [5.41, 5.74) is 14.2. The van der Waals surface area contributed by atoms with E-state index in [-0.39, 0.29) is 23.9 Å². The summed E-state index contributed by atoms with van der Waals surface area (Å²) in [4.78, 5) is 24.2. The van der Waals surface area contributed by atoms with E-state index >= 15 is 0 Å². The number of aromatic amines is 1. The van der Waals surface area contributed by atoms with E-state index in [0.717, 1.165) is 62.8 Å². The molecule has 2 saturated heterocycles. The van der Waals surface area contributed by atoms with Gasteiger partial charge in [-0.15, -0.1) is 0 Å². The number of likely N-dealkylation sites (tertiary alicyclic amines) is 1. The third-order valence-electron chi connectivity index (χ3n) is 9.42. The number of amides is 1. The molecule has 5 N–H and O–H groups in total. The Morgan fingerprint density at radius 3 is 2.35 bits per heavy atom. The molecule has 9 nitrogen and oxygen atoms in total. The fourth-order valence-electron chi connectivity index (χ4n) is 7.03. The fraction of sp³-hybridized carbons (Fsp3) is 0.655. The lowest BCUT2D eigenvalue weighted by Crippen LogP contribution is -2.40. The molecule has 0 radical (unpaired) electrons. The third kappa shape index (κ3) is 6.50. The Labute approximate surface area is 243 Å². The Morgan fingerprint density at radius 2 is 1.75 bits per heavy atom. The minimum atomic E-state index is -3.15. The van der Waals surface area contributed by atoms with Crippen LogP contribution < -0.4 is 11.5 Å². The number of hydrogen-bond donors (Lipinski definition) is 3. The number of nitrogens with zero attached hydrogens (tertiary/aromatic N) is 3. The summed E-state index contributed by atoms with van der Waals surface area (Å²) in [6, 6.07) is 7.46. The van der Waals surface area contributed by atoms with Crippen LogP contribution in [-0.2, 0) is 14.8 Å². The van der Waals surface area contributed by atoms with Crippen molar-refractivity contribution in [3.63, 3.8) is 0 Å². The van der Waals surface area contributed by atoms with Crippen molar-refractivity contribution in [2.45, 2.75) is 70.4 Å². The van der Waals surface area contributed by atoms with Crippen molar-refractivity contribution in [2.24, 2.45) is 29.4 Å². The van der Waals surface area contributed by atoms with Crippen molar-refractivity contribution >= 4 is 33.2 Å². The lowest BCUT2D eigenvalue weighted by Gasteiger charge is -2.34. The lowest BCUT2D eigenvalue weighted by molar-refractivity contribution is -0.138. The Bertz CT molecular complexity index is 1280. The smallest absolute Gasteiger partial charge is 0.226 e. The highest BCUT2D eigenvalue weighted by molar-refractivity contribution is 7.88. The summed E-state index contributed by atoms with van der Waals surface area (Å²) in [6.45, 7) is 3.90. The molecule has 1 aromatic heterocycles. The van der Waals surface area contributed by atoms with Gasteiger partial charge in [-0.1, -0.05) is 23.7 Å². The number of sulfonamides is 1. The number of hydrogen-bond acceptors (Lipinski definition) is 6. The van der Waals surface area contributed by atoms with Crippen molar-refractivity contribution in [3.8, 4) is 11.3 Å². The molecule has 1 aromatic carbocycles. The summed E-state index contributed by atoms with van der Waals surface area (Å²) in [5, 5.41) is 0.459. The van der Waals surface area contributed by atoms with Crippen LogP contribution in [0.25, 0.3) is 11.3 Å². The van der Waals surface area contributed by atoms with Gasteiger partial charge in [0, 0.05) is 42.8 Å². The number of H-pyrrole nitrogens is 1. The highest BCUT2D eigenvalue weighted by Crippen LogP contribution is 2.43. The van der Waals surface area contributed by atoms with Gasteiger partial charge < -0.3 is 21.4 Å². The quantitative estimate of drug-likeness (QED) is 0.408. The largest absolute Gasteiger partial charge is 0.399 e. The fourth-order valence-corrected chi connectivity index (χ4v) is 8.15. The lowest BCUT2D eigenvalue weighted by atomic mass is 9.78. The number of aromatic nitrogens is 2. The summed E-state index contributed by atoms with van der Waals surface area (Å²) in [6.07, 6.45) is 8.52. The number of benzene rings is 1. The van der Waals surface area contributed by atoms with Crippen molar-refractivity contribution in [1.29, 1.82) is 0 Å². The zero-order valence-corrected chi connectivity index (χ0v) is 25.1. The molecule has 220 valence electrons. The van der Waals surface area contributed by atoms with Crippen LogP contribution in [0.5, 0.6) is 0 Å². The van der Waals surface area contributed by atoms with Crippen LogP contribution in [0.4, 0.5) is 5.69 Å². The second kappa shape index (κ2) is 12.0. The molecule has 3 atom stereocenters. The van der Waals surface area contributed by atoms with Crippen LogP contribution in [0.3, 0.4) is 0 Å². The zero-order chi connectivity index (χ0) is 28.6. The summed E-state index contributed by atoms with van der Waals surface area (Å²) < 4.78 is 25.5. The minimum absolute atomic E-state index is 0.0104. The molecule has 3 aliphatic rings. The van der Waals surface area contributed by atoms with Gasteiger partial charge in [-0.2, -0.15) is 0 Å². The van der Waals surface area contributed by atoms with Crippen molar-refractivity contribution in [2.75, 3.05) is 31.6 Å². The molecule has 3 fully saturated rings. The van der Waals surface area contributed by atoms with Crippen LogP contribution in [-0.4, -0.2) is 65.4 Å². The first-order valence-electron chi connectivity index (χ1n) is 14.6. The first-order valence-corrected chi connectivity index (χ1v) is 16.8. The normalized spacial score (nSPS) is 27.6. The van der Waals surface area contributed by atoms with E-state index in [9.17, 15) is 13.2 Å². The Kier molecular flexibility index (Phi) is 8.80. The maximum atomic E-state index is 14.0. The number of carbonyl (C=O) groups is 1. The van der Waals surface area contributed by atoms with E-state index in [4.69, 9.17) is 28.1 Å². The summed E-state index contributed by atoms with van der Waals surface area (Å²) in [5.74, 6) is 2.21. The van der Waals surface area contributed by atoms with Gasteiger partial charge in [-0.3, -0.25) is 4.79 Å². The average Bonchev–Trinajstić information content (AvgIpc) is 3.52. The maximum Gasteiger partial charge on any atom is 0.226 e. The van der Waals surface area contributed by atoms with Crippen molar-refractivity contribution in [3.05, 3.63) is 35.2 Å². The number of halogens is 1. The van der Waals surface area contributed by atoms with Crippen LogP contribution in [0.2, 0.25) is 5.15 Å². The van der Waals surface area contributed by atoms with Gasteiger partial charge in [0.15, 0.2) is 0 Å². The van der Waals surface area contributed by atoms with Crippen LogP contribution in [0.1, 0.15) is 70.2 Å². The predicted molar refractivity (Wildman–Crippen MR) is 159 cm³/mol. The van der Waals surface area contributed by atoms with Crippen LogP contribution in [0.15, 0.2) is 24.3 Å². The Balaban J connectivity index is 1.33. The summed E-state index contributed by atoms with van der Waals surface area (Å²) >= 11 is 6.64. The number of piperidine rings is 1. The first-order chi connectivity index (χ1) is 19.0. The van der Waals surface area contributed by atoms with E-state index in [1.807, 2.05) is 24.3 Å². The van der Waals surface area contributed by atoms with E-state index in [1.165, 1.54) is 6.26 Å². The predicted octanol–water partition coefficient (Wildman–Crippen LogP) is 4.42. The molecular weight excluding hydrogens is 548 g/mol. The molecule has 0 unspecified atom stereocenters. The van der Waals surface area contributed by atoms with Crippen molar-refractivity contribution < 1.29 is 13.2 Å². The number of rotatable bonds is 7. The SMILES string of the molecule is C[C@H](N)C1CCC(C(=O)N2C[C@H](CC3CCN(S(C)(=O)=O)CC3)C[C@H]2c2nc(-c3ccc(N)cc3)c(Cl)[nH]2)CC1. The average molecular weight is 591 g/mol. The molecule has 3 heterocycles. The Hall–Kier alpha value is -2.14. The second-order valence-electron chi connectivity index (χ2n) is 12.3. The molecule has 1 aliphatic carbocycles. The third-order valence-corrected chi connectivity index (χ3v) is 11.0. The van der Waals surface area contributed by atoms with Gasteiger partial charge in [0.25, 0.3) is 0 Å². The molecule has 2 aromatic rings. The number of nitrogens with one attached hydrogen (secondary N) is 1. The molecule has 5 rings (SSSR count). The highest BCUT2D eigenvalue weighted by atomic mass is 35.5. The van der Waals surface area contributed by atoms with Gasteiger partial charge in [0.2, 0.25) is 15.9 Å². The number of anilines is 1. The van der Waals surface area contributed by atoms with Gasteiger partial charge >= 0.3 is 0 Å². The zero-order valence-electron chi connectivity index (χ0n) is 23.6.